The summed E-state index contributed by atoms with van der Waals surface area (Å²) in [4.78, 5) is 39.6. The van der Waals surface area contributed by atoms with Crippen molar-refractivity contribution in [3.05, 3.63) is 47.7 Å². The molecule has 222 valence electrons. The highest BCUT2D eigenvalue weighted by Gasteiger charge is 2.41. The van der Waals surface area contributed by atoms with Crippen molar-refractivity contribution in [2.24, 2.45) is 7.05 Å². The molecular weight excluding hydrogens is 536 g/mol. The third-order valence-electron chi connectivity index (χ3n) is 7.77. The number of carbonyl (C=O) groups excluding carboxylic acids is 2. The van der Waals surface area contributed by atoms with Gasteiger partial charge in [0.05, 0.1) is 24.1 Å². The van der Waals surface area contributed by atoms with E-state index in [-0.39, 0.29) is 30.7 Å². The van der Waals surface area contributed by atoms with E-state index in [1.165, 1.54) is 0 Å². The fraction of sp³-hybridized carbons (Fsp3) is 0.500. The zero-order valence-electron chi connectivity index (χ0n) is 24.8. The number of benzene rings is 1. The van der Waals surface area contributed by atoms with Gasteiger partial charge < -0.3 is 29.4 Å². The first-order valence-electron chi connectivity index (χ1n) is 14.5. The molecule has 2 N–H and O–H groups in total. The molecule has 6 rings (SSSR count). The van der Waals surface area contributed by atoms with Crippen molar-refractivity contribution in [1.29, 1.82) is 0 Å². The molecule has 0 spiro atoms. The van der Waals surface area contributed by atoms with Crippen molar-refractivity contribution >= 4 is 40.1 Å². The van der Waals surface area contributed by atoms with Gasteiger partial charge in [0.2, 0.25) is 0 Å². The van der Waals surface area contributed by atoms with Crippen molar-refractivity contribution < 1.29 is 19.4 Å². The van der Waals surface area contributed by atoms with E-state index in [2.05, 4.69) is 25.3 Å². The van der Waals surface area contributed by atoms with Gasteiger partial charge in [-0.15, -0.1) is 0 Å². The highest BCUT2D eigenvalue weighted by atomic mass is 16.6. The van der Waals surface area contributed by atoms with Gasteiger partial charge in [0.15, 0.2) is 11.5 Å². The molecule has 0 bridgehead atoms. The number of hydrogen-bond donors (Lipinski definition) is 2. The average molecular weight is 575 g/mol. The van der Waals surface area contributed by atoms with Gasteiger partial charge in [-0.3, -0.25) is 14.5 Å². The van der Waals surface area contributed by atoms with E-state index in [0.717, 1.165) is 55.5 Å². The lowest BCUT2D eigenvalue weighted by Crippen LogP contribution is -2.50. The molecule has 4 aromatic rings. The Balaban J connectivity index is 1.20. The van der Waals surface area contributed by atoms with Crippen LogP contribution in [0, 0.1) is 6.92 Å². The maximum atomic E-state index is 13.4. The van der Waals surface area contributed by atoms with Crippen LogP contribution in [0.15, 0.2) is 30.7 Å². The molecule has 1 saturated heterocycles. The van der Waals surface area contributed by atoms with Gasteiger partial charge in [-0.25, -0.2) is 9.78 Å². The fourth-order valence-corrected chi connectivity index (χ4v) is 5.86. The van der Waals surface area contributed by atoms with Gasteiger partial charge in [0, 0.05) is 55.7 Å². The molecule has 1 aliphatic carbocycles. The van der Waals surface area contributed by atoms with Crippen molar-refractivity contribution in [2.75, 3.05) is 23.3 Å². The minimum Gasteiger partial charge on any atom is -0.444 e. The van der Waals surface area contributed by atoms with Crippen LogP contribution in [0.4, 0.5) is 16.3 Å². The lowest BCUT2D eigenvalue weighted by Gasteiger charge is -2.40. The summed E-state index contributed by atoms with van der Waals surface area (Å²) in [7, 11) is 1.85. The third kappa shape index (κ3) is 5.50. The van der Waals surface area contributed by atoms with E-state index >= 15 is 0 Å². The number of rotatable bonds is 6. The number of piperidine rings is 1. The molecule has 2 fully saturated rings. The van der Waals surface area contributed by atoms with Crippen LogP contribution in [0.1, 0.15) is 68.2 Å². The second-order valence-corrected chi connectivity index (χ2v) is 12.3. The second kappa shape index (κ2) is 10.6. The largest absolute Gasteiger partial charge is 0.444 e. The van der Waals surface area contributed by atoms with Crippen molar-refractivity contribution in [3.8, 4) is 0 Å². The number of carbonyl (C=O) groups is 2. The van der Waals surface area contributed by atoms with Gasteiger partial charge in [-0.1, -0.05) is 0 Å². The predicted octanol–water partition coefficient (Wildman–Crippen LogP) is 4.04. The van der Waals surface area contributed by atoms with Crippen molar-refractivity contribution in [1.82, 2.24) is 29.0 Å². The number of nitrogens with one attached hydrogen (secondary N) is 1. The number of aryl methyl sites for hydroxylation is 2. The smallest absolute Gasteiger partial charge is 0.410 e. The van der Waals surface area contributed by atoms with Crippen LogP contribution in [0.3, 0.4) is 0 Å². The molecule has 2 aliphatic rings. The molecule has 0 radical (unpaired) electrons. The van der Waals surface area contributed by atoms with Crippen LogP contribution in [0.5, 0.6) is 0 Å². The summed E-state index contributed by atoms with van der Waals surface area (Å²) >= 11 is 0. The zero-order valence-corrected chi connectivity index (χ0v) is 24.8. The number of aliphatic hydroxyl groups excluding tert-OH is 1. The summed E-state index contributed by atoms with van der Waals surface area (Å²) in [6.07, 6.45) is 8.99. The third-order valence-corrected chi connectivity index (χ3v) is 7.77. The molecule has 4 heterocycles. The van der Waals surface area contributed by atoms with E-state index in [9.17, 15) is 14.7 Å². The number of aromatic nitrogens is 5. The zero-order chi connectivity index (χ0) is 29.8. The Morgan fingerprint density at radius 3 is 2.45 bits per heavy atom. The lowest BCUT2D eigenvalue weighted by molar-refractivity contribution is 0.0114. The Kier molecular flexibility index (Phi) is 7.04. The molecule has 0 unspecified atom stereocenters. The van der Waals surface area contributed by atoms with Gasteiger partial charge in [-0.05, 0) is 65.5 Å². The Bertz CT molecular complexity index is 1660. The number of imidazole rings is 1. The number of aliphatic hydroxyl groups is 1. The van der Waals surface area contributed by atoms with E-state index in [1.54, 1.807) is 21.5 Å². The minimum absolute atomic E-state index is 0.147. The number of hydrogen-bond acceptors (Lipinski definition) is 8. The molecule has 1 aliphatic heterocycles. The molecule has 2 amide bonds. The maximum Gasteiger partial charge on any atom is 0.410 e. The van der Waals surface area contributed by atoms with Crippen LogP contribution in [0.25, 0.3) is 16.6 Å². The molecule has 12 nitrogen and oxygen atoms in total. The summed E-state index contributed by atoms with van der Waals surface area (Å²) < 4.78 is 9.22. The Labute approximate surface area is 244 Å². The summed E-state index contributed by atoms with van der Waals surface area (Å²) in [5, 5.41) is 18.1. The molecule has 3 aromatic heterocycles. The number of nitrogens with zero attached hydrogens (tertiary/aromatic N) is 7. The molecule has 12 heteroatoms. The summed E-state index contributed by atoms with van der Waals surface area (Å²) in [5.74, 6) is 0.0440. The van der Waals surface area contributed by atoms with E-state index in [1.807, 2.05) is 58.0 Å². The minimum atomic E-state index is -0.519. The van der Waals surface area contributed by atoms with Crippen molar-refractivity contribution in [2.45, 2.75) is 77.7 Å². The fourth-order valence-electron chi connectivity index (χ4n) is 5.86. The lowest BCUT2D eigenvalue weighted by atomic mass is 10.0. The molecule has 1 saturated carbocycles. The quantitative estimate of drug-likeness (QED) is 0.353. The van der Waals surface area contributed by atoms with Gasteiger partial charge >= 0.3 is 6.09 Å². The standard InChI is InChI=1S/C30H38N8O4/c1-18-14-37-16-25(32-27(37)23(17-39)31-18)33-28(40)21-8-9-24(22-15-35(5)34-26(21)22)36-12-10-20(11-13-36)38(19-6-7-19)29(41)42-30(2,3)4/h8-9,14-16,19-20,39H,6-7,10-13,17H2,1-5H3,(H,33,40). The molecule has 42 heavy (non-hydrogen) atoms. The van der Waals surface area contributed by atoms with Crippen LogP contribution < -0.4 is 10.2 Å². The van der Waals surface area contributed by atoms with Crippen LogP contribution in [-0.4, -0.2) is 76.9 Å². The Morgan fingerprint density at radius 2 is 1.79 bits per heavy atom. The van der Waals surface area contributed by atoms with Crippen LogP contribution >= 0.6 is 0 Å². The first kappa shape index (κ1) is 28.0. The van der Waals surface area contributed by atoms with E-state index in [0.29, 0.717) is 28.2 Å². The molecular formula is C30H38N8O4. The number of amides is 2. The SMILES string of the molecule is Cc1cn2cc(NC(=O)c3ccc(N4CCC(N(C(=O)OC(C)(C)C)C5CC5)CC4)c4cn(C)nc34)nc2c(CO)n1. The number of fused-ring (bicyclic) bond motifs is 2. The highest BCUT2D eigenvalue weighted by Crippen LogP contribution is 2.36. The van der Waals surface area contributed by atoms with Crippen LogP contribution in [-0.2, 0) is 18.4 Å². The maximum absolute atomic E-state index is 13.4. The van der Waals surface area contributed by atoms with E-state index < -0.39 is 5.60 Å². The van der Waals surface area contributed by atoms with Gasteiger partial charge in [0.25, 0.3) is 5.91 Å². The van der Waals surface area contributed by atoms with Crippen LogP contribution in [0.2, 0.25) is 0 Å². The normalized spacial score (nSPS) is 16.3. The monoisotopic (exact) mass is 574 g/mol. The van der Waals surface area contributed by atoms with E-state index in [4.69, 9.17) is 4.74 Å². The topological polar surface area (TPSA) is 130 Å². The number of ether oxygens (including phenoxy) is 1. The molecule has 1 aromatic carbocycles. The van der Waals surface area contributed by atoms with Gasteiger partial charge in [-0.2, -0.15) is 5.10 Å². The average Bonchev–Trinajstić information content (AvgIpc) is 3.54. The van der Waals surface area contributed by atoms with Crippen molar-refractivity contribution in [3.63, 3.8) is 0 Å². The highest BCUT2D eigenvalue weighted by molar-refractivity contribution is 6.13. The molecule has 0 atom stereocenters. The first-order valence-corrected chi connectivity index (χ1v) is 14.5. The second-order valence-electron chi connectivity index (χ2n) is 12.3. The van der Waals surface area contributed by atoms with Gasteiger partial charge in [0.1, 0.15) is 16.8 Å². The summed E-state index contributed by atoms with van der Waals surface area (Å²) in [5.41, 5.74) is 3.23. The summed E-state index contributed by atoms with van der Waals surface area (Å²) in [6, 6.07) is 4.22. The Morgan fingerprint density at radius 1 is 1.07 bits per heavy atom. The number of anilines is 2. The predicted molar refractivity (Wildman–Crippen MR) is 159 cm³/mol. The Hall–Kier alpha value is -4.19. The first-order chi connectivity index (χ1) is 20.0. The summed E-state index contributed by atoms with van der Waals surface area (Å²) in [6.45, 7) is 8.88.